The Balaban J connectivity index is 1.79. The summed E-state index contributed by atoms with van der Waals surface area (Å²) in [5.74, 6) is -0.894. The van der Waals surface area contributed by atoms with Crippen LogP contribution < -0.4 is 20.1 Å². The van der Waals surface area contributed by atoms with E-state index in [0.717, 1.165) is 6.42 Å². The summed E-state index contributed by atoms with van der Waals surface area (Å²) in [5, 5.41) is 0. The highest BCUT2D eigenvalue weighted by Gasteiger charge is 2.39. The van der Waals surface area contributed by atoms with Crippen molar-refractivity contribution in [1.82, 2.24) is 14.7 Å². The minimum Gasteiger partial charge on any atom is -0.494 e. The minimum absolute atomic E-state index is 0.0703. The van der Waals surface area contributed by atoms with E-state index in [0.29, 0.717) is 29.5 Å². The third kappa shape index (κ3) is 4.83. The maximum Gasteiger partial charge on any atom is 0.268 e. The van der Waals surface area contributed by atoms with Gasteiger partial charge in [-0.3, -0.25) is 4.79 Å². The van der Waals surface area contributed by atoms with Crippen molar-refractivity contribution in [2.45, 2.75) is 37.6 Å². The first-order valence-corrected chi connectivity index (χ1v) is 12.8. The Bertz CT molecular complexity index is 1430. The van der Waals surface area contributed by atoms with E-state index in [2.05, 4.69) is 16.6 Å². The largest absolute Gasteiger partial charge is 0.494 e. The van der Waals surface area contributed by atoms with E-state index in [9.17, 15) is 17.6 Å². The number of aromatic nitrogens is 2. The minimum atomic E-state index is -4.29. The summed E-state index contributed by atoms with van der Waals surface area (Å²) in [5.41, 5.74) is 6.35. The summed E-state index contributed by atoms with van der Waals surface area (Å²) in [6, 6.07) is 10.2. The topological polar surface area (TPSA) is 128 Å². The Morgan fingerprint density at radius 2 is 2.00 bits per heavy atom. The van der Waals surface area contributed by atoms with Crippen LogP contribution in [0.15, 0.2) is 53.6 Å². The van der Waals surface area contributed by atoms with Crippen LogP contribution in [0.25, 0.3) is 11.3 Å². The van der Waals surface area contributed by atoms with Crippen molar-refractivity contribution >= 4 is 27.6 Å². The summed E-state index contributed by atoms with van der Waals surface area (Å²) in [4.78, 5) is 23.5. The third-order valence-electron chi connectivity index (χ3n) is 6.21. The molecule has 4 rings (SSSR count). The summed E-state index contributed by atoms with van der Waals surface area (Å²) >= 11 is 0. The van der Waals surface area contributed by atoms with Gasteiger partial charge < -0.3 is 15.4 Å². The second-order valence-corrected chi connectivity index (χ2v) is 11.1. The monoisotopic (exact) mass is 513 g/mol. The molecule has 1 amide bonds. The number of rotatable bonds is 6. The summed E-state index contributed by atoms with van der Waals surface area (Å²) in [6.07, 6.45) is 2.21. The van der Waals surface area contributed by atoms with Crippen molar-refractivity contribution < 1.29 is 22.3 Å². The number of nitrogens with zero attached hydrogens (tertiary/aromatic N) is 3. The molecule has 3 heterocycles. The molecule has 0 aliphatic carbocycles. The molecule has 0 unspecified atom stereocenters. The number of ether oxygens (including phenoxy) is 1. The van der Waals surface area contributed by atoms with Crippen molar-refractivity contribution in [2.75, 3.05) is 24.3 Å². The SMILES string of the molecule is COc1ccc(-c2ccc(C(=O)NS(=O)(=O)c3cccnc3N)c(N3C[C@@H](C)CC3(C)C)n2)cc1F. The van der Waals surface area contributed by atoms with Crippen LogP contribution in [-0.2, 0) is 10.0 Å². The first-order chi connectivity index (χ1) is 16.9. The molecule has 190 valence electrons. The molecule has 11 heteroatoms. The number of nitrogens with two attached hydrogens (primary N) is 1. The number of pyridine rings is 2. The number of anilines is 2. The van der Waals surface area contributed by atoms with Gasteiger partial charge in [0.15, 0.2) is 11.6 Å². The zero-order valence-corrected chi connectivity index (χ0v) is 21.3. The fourth-order valence-electron chi connectivity index (χ4n) is 4.64. The van der Waals surface area contributed by atoms with Crippen LogP contribution in [0.5, 0.6) is 5.75 Å². The molecule has 36 heavy (non-hydrogen) atoms. The van der Waals surface area contributed by atoms with E-state index in [1.165, 1.54) is 43.6 Å². The fraction of sp³-hybridized carbons (Fsp3) is 0.320. The second-order valence-electron chi connectivity index (χ2n) is 9.47. The lowest BCUT2D eigenvalue weighted by atomic mass is 9.97. The summed E-state index contributed by atoms with van der Waals surface area (Å²) in [6.45, 7) is 6.78. The van der Waals surface area contributed by atoms with E-state index < -0.39 is 21.7 Å². The molecule has 3 N–H and O–H groups in total. The highest BCUT2D eigenvalue weighted by atomic mass is 32.2. The van der Waals surface area contributed by atoms with E-state index in [1.54, 1.807) is 12.1 Å². The van der Waals surface area contributed by atoms with Crippen LogP contribution in [-0.4, -0.2) is 43.5 Å². The van der Waals surface area contributed by atoms with E-state index >= 15 is 0 Å². The van der Waals surface area contributed by atoms with Crippen LogP contribution in [0.4, 0.5) is 16.0 Å². The molecule has 0 saturated carbocycles. The van der Waals surface area contributed by atoms with Crippen molar-refractivity contribution in [3.8, 4) is 17.0 Å². The first-order valence-electron chi connectivity index (χ1n) is 11.3. The standard InChI is InChI=1S/C25H28FN5O4S/c1-15-13-25(2,3)31(14-15)23-17(24(32)30-36(33,34)21-6-5-11-28-22(21)27)8-9-19(29-23)16-7-10-20(35-4)18(26)12-16/h5-12,15H,13-14H2,1-4H3,(H2,27,28)(H,30,32)/t15-/m0/s1. The van der Waals surface area contributed by atoms with Crippen LogP contribution in [0.3, 0.4) is 0 Å². The molecule has 1 fully saturated rings. The van der Waals surface area contributed by atoms with Gasteiger partial charge in [-0.1, -0.05) is 6.92 Å². The molecule has 1 saturated heterocycles. The molecule has 0 spiro atoms. The Morgan fingerprint density at radius 3 is 2.61 bits per heavy atom. The highest BCUT2D eigenvalue weighted by molar-refractivity contribution is 7.90. The predicted octanol–water partition coefficient (Wildman–Crippen LogP) is 3.62. The van der Waals surface area contributed by atoms with Crippen LogP contribution in [0.1, 0.15) is 37.6 Å². The number of carbonyl (C=O) groups is 1. The number of benzene rings is 1. The Kier molecular flexibility index (Phi) is 6.61. The highest BCUT2D eigenvalue weighted by Crippen LogP contribution is 2.38. The lowest BCUT2D eigenvalue weighted by Crippen LogP contribution is -2.41. The molecule has 0 bridgehead atoms. The number of hydrogen-bond donors (Lipinski definition) is 2. The van der Waals surface area contributed by atoms with Gasteiger partial charge in [0.1, 0.15) is 16.5 Å². The van der Waals surface area contributed by atoms with Crippen LogP contribution in [0, 0.1) is 11.7 Å². The van der Waals surface area contributed by atoms with E-state index in [1.807, 2.05) is 18.7 Å². The molecular formula is C25H28FN5O4S. The Hall–Kier alpha value is -3.73. The average molecular weight is 514 g/mol. The number of carbonyl (C=O) groups excluding carboxylic acids is 1. The van der Waals surface area contributed by atoms with Gasteiger partial charge in [-0.25, -0.2) is 27.5 Å². The maximum absolute atomic E-state index is 14.4. The number of methoxy groups -OCH3 is 1. The number of sulfonamides is 1. The van der Waals surface area contributed by atoms with Gasteiger partial charge in [-0.15, -0.1) is 0 Å². The van der Waals surface area contributed by atoms with Crippen molar-refractivity contribution in [1.29, 1.82) is 0 Å². The Labute approximate surface area is 209 Å². The lowest BCUT2D eigenvalue weighted by Gasteiger charge is -2.34. The molecule has 2 aromatic heterocycles. The lowest BCUT2D eigenvalue weighted by molar-refractivity contribution is 0.0981. The van der Waals surface area contributed by atoms with Crippen molar-refractivity contribution in [2.24, 2.45) is 5.92 Å². The number of amides is 1. The molecule has 1 aliphatic rings. The summed E-state index contributed by atoms with van der Waals surface area (Å²) in [7, 11) is -2.91. The van der Waals surface area contributed by atoms with E-state index in [-0.39, 0.29) is 27.6 Å². The molecule has 1 aromatic carbocycles. The van der Waals surface area contributed by atoms with Gasteiger partial charge >= 0.3 is 0 Å². The van der Waals surface area contributed by atoms with Gasteiger partial charge in [0, 0.05) is 23.8 Å². The van der Waals surface area contributed by atoms with Crippen LogP contribution >= 0.6 is 0 Å². The van der Waals surface area contributed by atoms with Crippen LogP contribution in [0.2, 0.25) is 0 Å². The van der Waals surface area contributed by atoms with Gasteiger partial charge in [0.25, 0.3) is 15.9 Å². The first kappa shape index (κ1) is 25.4. The van der Waals surface area contributed by atoms with Crippen molar-refractivity contribution in [3.05, 3.63) is 60.0 Å². The number of nitrogens with one attached hydrogen (secondary N) is 1. The number of halogens is 1. The number of nitrogen functional groups attached to an aromatic ring is 1. The molecule has 3 aromatic rings. The Morgan fingerprint density at radius 1 is 1.25 bits per heavy atom. The molecule has 0 radical (unpaired) electrons. The molecule has 9 nitrogen and oxygen atoms in total. The quantitative estimate of drug-likeness (QED) is 0.512. The fourth-order valence-corrected chi connectivity index (χ4v) is 5.69. The smallest absolute Gasteiger partial charge is 0.268 e. The molecule has 1 aliphatic heterocycles. The third-order valence-corrected chi connectivity index (χ3v) is 7.59. The zero-order valence-electron chi connectivity index (χ0n) is 20.4. The normalized spacial score (nSPS) is 17.1. The van der Waals surface area contributed by atoms with Crippen molar-refractivity contribution in [3.63, 3.8) is 0 Å². The second kappa shape index (κ2) is 9.38. The van der Waals surface area contributed by atoms with Gasteiger partial charge in [-0.05, 0) is 68.7 Å². The molecule has 1 atom stereocenters. The number of hydrogen-bond acceptors (Lipinski definition) is 8. The van der Waals surface area contributed by atoms with Gasteiger partial charge in [0.05, 0.1) is 18.4 Å². The zero-order chi connectivity index (χ0) is 26.3. The average Bonchev–Trinajstić information content (AvgIpc) is 3.10. The maximum atomic E-state index is 14.4. The van der Waals surface area contributed by atoms with Gasteiger partial charge in [0.2, 0.25) is 0 Å². The predicted molar refractivity (Wildman–Crippen MR) is 135 cm³/mol. The van der Waals surface area contributed by atoms with E-state index in [4.69, 9.17) is 15.5 Å². The molecular weight excluding hydrogens is 485 g/mol. The van der Waals surface area contributed by atoms with Gasteiger partial charge in [-0.2, -0.15) is 0 Å². The summed E-state index contributed by atoms with van der Waals surface area (Å²) < 4.78 is 47.3.